The molecule has 2 fully saturated rings. The lowest BCUT2D eigenvalue weighted by Crippen LogP contribution is -2.42. The van der Waals surface area contributed by atoms with Crippen molar-refractivity contribution in [3.63, 3.8) is 0 Å². The van der Waals surface area contributed by atoms with E-state index in [0.29, 0.717) is 18.7 Å². The highest BCUT2D eigenvalue weighted by Gasteiger charge is 2.24. The molecule has 6 heteroatoms. The van der Waals surface area contributed by atoms with Crippen molar-refractivity contribution in [1.29, 1.82) is 0 Å². The molecular weight excluding hydrogens is 457 g/mol. The molecule has 0 heterocycles. The second-order valence-electron chi connectivity index (χ2n) is 6.99. The van der Waals surface area contributed by atoms with Crippen LogP contribution in [0.4, 0.5) is 0 Å². The van der Waals surface area contributed by atoms with Gasteiger partial charge in [-0.2, -0.15) is 11.8 Å². The van der Waals surface area contributed by atoms with Crippen molar-refractivity contribution in [2.75, 3.05) is 12.8 Å². The maximum atomic E-state index is 6.12. The second kappa shape index (κ2) is 11.3. The molecule has 2 saturated carbocycles. The van der Waals surface area contributed by atoms with Crippen LogP contribution in [0.5, 0.6) is 5.75 Å². The number of guanidine groups is 1. The van der Waals surface area contributed by atoms with Gasteiger partial charge in [0.25, 0.3) is 0 Å². The Kier molecular flexibility index (Phi) is 9.39. The minimum Gasteiger partial charge on any atom is -0.490 e. The van der Waals surface area contributed by atoms with E-state index in [4.69, 9.17) is 9.73 Å². The maximum Gasteiger partial charge on any atom is 0.191 e. The van der Waals surface area contributed by atoms with Crippen molar-refractivity contribution in [3.8, 4) is 5.75 Å². The van der Waals surface area contributed by atoms with E-state index in [1.165, 1.54) is 44.1 Å². The SMILES string of the molecule is CCNC(=NCc1ccccc1OC1CCC1)NC1CCC(SC)C1.I. The van der Waals surface area contributed by atoms with E-state index in [9.17, 15) is 0 Å². The molecule has 0 bridgehead atoms. The number of aliphatic imine (C=N–C) groups is 1. The van der Waals surface area contributed by atoms with Crippen LogP contribution in [-0.2, 0) is 6.54 Å². The van der Waals surface area contributed by atoms with Crippen LogP contribution < -0.4 is 15.4 Å². The zero-order valence-corrected chi connectivity index (χ0v) is 19.0. The zero-order chi connectivity index (χ0) is 17.5. The Hall–Kier alpha value is -0.630. The smallest absolute Gasteiger partial charge is 0.191 e. The molecule has 2 aliphatic rings. The molecule has 1 aromatic carbocycles. The van der Waals surface area contributed by atoms with Gasteiger partial charge in [-0.25, -0.2) is 4.99 Å². The summed E-state index contributed by atoms with van der Waals surface area (Å²) in [6.07, 6.45) is 10.0. The van der Waals surface area contributed by atoms with E-state index in [1.807, 2.05) is 17.8 Å². The molecule has 146 valence electrons. The summed E-state index contributed by atoms with van der Waals surface area (Å²) >= 11 is 1.99. The maximum absolute atomic E-state index is 6.12. The summed E-state index contributed by atoms with van der Waals surface area (Å²) in [5, 5.41) is 7.79. The average molecular weight is 489 g/mol. The summed E-state index contributed by atoms with van der Waals surface area (Å²) in [6, 6.07) is 8.85. The van der Waals surface area contributed by atoms with E-state index in [0.717, 1.165) is 23.5 Å². The molecule has 26 heavy (non-hydrogen) atoms. The topological polar surface area (TPSA) is 45.7 Å². The first kappa shape index (κ1) is 21.7. The minimum atomic E-state index is 0. The monoisotopic (exact) mass is 489 g/mol. The fourth-order valence-electron chi connectivity index (χ4n) is 3.38. The Labute approximate surface area is 179 Å². The number of hydrogen-bond acceptors (Lipinski definition) is 3. The summed E-state index contributed by atoms with van der Waals surface area (Å²) in [7, 11) is 0. The molecule has 2 N–H and O–H groups in total. The van der Waals surface area contributed by atoms with Crippen molar-refractivity contribution in [1.82, 2.24) is 10.6 Å². The molecule has 0 spiro atoms. The Bertz CT molecular complexity index is 580. The lowest BCUT2D eigenvalue weighted by Gasteiger charge is -2.27. The van der Waals surface area contributed by atoms with Gasteiger partial charge in [0.2, 0.25) is 0 Å². The Morgan fingerprint density at radius 3 is 2.69 bits per heavy atom. The summed E-state index contributed by atoms with van der Waals surface area (Å²) in [5.74, 6) is 1.92. The number of rotatable bonds is 7. The van der Waals surface area contributed by atoms with Gasteiger partial charge in [-0.15, -0.1) is 24.0 Å². The van der Waals surface area contributed by atoms with Crippen LogP contribution in [0, 0.1) is 0 Å². The van der Waals surface area contributed by atoms with Gasteiger partial charge in [0.15, 0.2) is 5.96 Å². The van der Waals surface area contributed by atoms with Gasteiger partial charge in [-0.3, -0.25) is 0 Å². The molecular formula is C20H32IN3OS. The molecule has 4 nitrogen and oxygen atoms in total. The third kappa shape index (κ3) is 6.22. The summed E-state index contributed by atoms with van der Waals surface area (Å²) in [5.41, 5.74) is 1.17. The quantitative estimate of drug-likeness (QED) is 0.335. The van der Waals surface area contributed by atoms with E-state index in [1.54, 1.807) is 0 Å². The molecule has 0 amide bonds. The normalized spacial score (nSPS) is 23.1. The van der Waals surface area contributed by atoms with E-state index in [-0.39, 0.29) is 24.0 Å². The van der Waals surface area contributed by atoms with Gasteiger partial charge in [-0.05, 0) is 57.8 Å². The van der Waals surface area contributed by atoms with Crippen LogP contribution in [0.1, 0.15) is 51.0 Å². The number of thioether (sulfide) groups is 1. The number of para-hydroxylation sites is 1. The predicted octanol–water partition coefficient (Wildman–Crippen LogP) is 4.58. The van der Waals surface area contributed by atoms with Gasteiger partial charge in [-0.1, -0.05) is 18.2 Å². The molecule has 1 aromatic rings. The first-order valence-corrected chi connectivity index (χ1v) is 10.9. The van der Waals surface area contributed by atoms with Crippen LogP contribution in [0.3, 0.4) is 0 Å². The van der Waals surface area contributed by atoms with Crippen molar-refractivity contribution in [2.24, 2.45) is 4.99 Å². The fourth-order valence-corrected chi connectivity index (χ4v) is 4.18. The fraction of sp³-hybridized carbons (Fsp3) is 0.650. The van der Waals surface area contributed by atoms with E-state index >= 15 is 0 Å². The molecule has 0 aliphatic heterocycles. The number of nitrogens with zero attached hydrogens (tertiary/aromatic N) is 1. The highest BCUT2D eigenvalue weighted by molar-refractivity contribution is 14.0. The molecule has 0 saturated heterocycles. The predicted molar refractivity (Wildman–Crippen MR) is 123 cm³/mol. The van der Waals surface area contributed by atoms with Gasteiger partial charge in [0, 0.05) is 23.4 Å². The van der Waals surface area contributed by atoms with Crippen molar-refractivity contribution >= 4 is 41.7 Å². The summed E-state index contributed by atoms with van der Waals surface area (Å²) in [4.78, 5) is 4.82. The first-order chi connectivity index (χ1) is 12.3. The number of hydrogen-bond donors (Lipinski definition) is 2. The summed E-state index contributed by atoms with van der Waals surface area (Å²) < 4.78 is 6.12. The lowest BCUT2D eigenvalue weighted by atomic mass is 9.96. The van der Waals surface area contributed by atoms with Crippen LogP contribution >= 0.6 is 35.7 Å². The van der Waals surface area contributed by atoms with Gasteiger partial charge in [0.1, 0.15) is 5.75 Å². The van der Waals surface area contributed by atoms with E-state index in [2.05, 4.69) is 42.0 Å². The van der Waals surface area contributed by atoms with Crippen molar-refractivity contribution < 1.29 is 4.74 Å². The molecule has 2 unspecified atom stereocenters. The van der Waals surface area contributed by atoms with Crippen molar-refractivity contribution in [2.45, 2.75) is 69.4 Å². The van der Waals surface area contributed by atoms with Crippen LogP contribution in [0.25, 0.3) is 0 Å². The highest BCUT2D eigenvalue weighted by atomic mass is 127. The molecule has 3 rings (SSSR count). The van der Waals surface area contributed by atoms with Crippen LogP contribution in [-0.4, -0.2) is 36.2 Å². The molecule has 2 atom stereocenters. The average Bonchev–Trinajstić information content (AvgIpc) is 3.04. The molecule has 0 radical (unpaired) electrons. The van der Waals surface area contributed by atoms with Crippen LogP contribution in [0.2, 0.25) is 0 Å². The first-order valence-electron chi connectivity index (χ1n) is 9.60. The number of halogens is 1. The Morgan fingerprint density at radius 2 is 2.04 bits per heavy atom. The molecule has 0 aromatic heterocycles. The largest absolute Gasteiger partial charge is 0.490 e. The lowest BCUT2D eigenvalue weighted by molar-refractivity contribution is 0.119. The third-order valence-corrected chi connectivity index (χ3v) is 6.22. The molecule has 2 aliphatic carbocycles. The standard InChI is InChI=1S/C20H31N3OS.HI/c1-3-21-20(23-16-11-12-18(13-16)25-2)22-14-15-7-4-5-10-19(15)24-17-8-6-9-17;/h4-5,7,10,16-18H,3,6,8-9,11-14H2,1-2H3,(H2,21,22,23);1H. The van der Waals surface area contributed by atoms with Crippen molar-refractivity contribution in [3.05, 3.63) is 29.8 Å². The third-order valence-electron chi connectivity index (χ3n) is 5.13. The number of ether oxygens (including phenoxy) is 1. The van der Waals surface area contributed by atoms with Crippen LogP contribution in [0.15, 0.2) is 29.3 Å². The Balaban J connectivity index is 0.00000243. The van der Waals surface area contributed by atoms with Gasteiger partial charge in [0.05, 0.1) is 12.6 Å². The second-order valence-corrected chi connectivity index (χ2v) is 8.12. The summed E-state index contributed by atoms with van der Waals surface area (Å²) in [6.45, 7) is 3.64. The Morgan fingerprint density at radius 1 is 1.23 bits per heavy atom. The van der Waals surface area contributed by atoms with E-state index < -0.39 is 0 Å². The van der Waals surface area contributed by atoms with Gasteiger partial charge < -0.3 is 15.4 Å². The highest BCUT2D eigenvalue weighted by Crippen LogP contribution is 2.29. The number of nitrogens with one attached hydrogen (secondary N) is 2. The zero-order valence-electron chi connectivity index (χ0n) is 15.9. The van der Waals surface area contributed by atoms with Gasteiger partial charge >= 0.3 is 0 Å². The number of benzene rings is 1. The minimum absolute atomic E-state index is 0.